The van der Waals surface area contributed by atoms with Gasteiger partial charge in [-0.1, -0.05) is 227 Å². The normalized spacial score (nSPS) is 18.7. The molecule has 6 atom stereocenters. The van der Waals surface area contributed by atoms with E-state index in [1.54, 1.807) is 4.90 Å². The third kappa shape index (κ3) is 32.6. The Morgan fingerprint density at radius 2 is 0.912 bits per heavy atom. The molecule has 400 valence electrons. The van der Waals surface area contributed by atoms with Gasteiger partial charge in [-0.25, -0.2) is 0 Å². The Labute approximate surface area is 416 Å². The largest absolute Gasteiger partial charge is 0.481 e. The van der Waals surface area contributed by atoms with Gasteiger partial charge in [0.25, 0.3) is 0 Å². The van der Waals surface area contributed by atoms with Gasteiger partial charge in [-0.2, -0.15) is 0 Å². The van der Waals surface area contributed by atoms with E-state index in [0.29, 0.717) is 57.9 Å². The van der Waals surface area contributed by atoms with Gasteiger partial charge in [0.2, 0.25) is 17.7 Å². The SMILES string of the molecule is CCCCCCCCCCCCCCCCCCN(C(=O)CCCCCCCCCCCCCCCCC)[C@@H]1O[C@H](CO)[C@@H](O)[C@H](O)[C@@H]1NC(=O)[C@H](CC(C)C)NC(=O)CCCCCCC(=O)O. The third-order valence-electron chi connectivity index (χ3n) is 14.0. The van der Waals surface area contributed by atoms with Crippen LogP contribution in [0.1, 0.15) is 278 Å². The lowest BCUT2D eigenvalue weighted by Crippen LogP contribution is -2.70. The van der Waals surface area contributed by atoms with Crippen LogP contribution in [0.4, 0.5) is 0 Å². The molecule has 12 heteroatoms. The van der Waals surface area contributed by atoms with Crippen LogP contribution in [0.5, 0.6) is 0 Å². The topological polar surface area (TPSA) is 186 Å². The summed E-state index contributed by atoms with van der Waals surface area (Å²) in [6, 6.07) is -2.13. The maximum absolute atomic E-state index is 14.2. The number of ether oxygens (including phenoxy) is 1. The van der Waals surface area contributed by atoms with Crippen LogP contribution >= 0.6 is 0 Å². The number of aliphatic hydroxyl groups excluding tert-OH is 3. The van der Waals surface area contributed by atoms with Gasteiger partial charge in [0.15, 0.2) is 6.23 Å². The van der Waals surface area contributed by atoms with Crippen molar-refractivity contribution in [2.45, 2.75) is 315 Å². The zero-order chi connectivity index (χ0) is 50.0. The number of nitrogens with one attached hydrogen (secondary N) is 2. The first kappa shape index (κ1) is 63.7. The molecule has 6 N–H and O–H groups in total. The summed E-state index contributed by atoms with van der Waals surface area (Å²) in [6.07, 6.45) is 36.1. The number of carbonyl (C=O) groups excluding carboxylic acids is 3. The standard InChI is InChI=1S/C56H107N3O9/c1-5-7-9-11-13-15-17-19-21-23-25-27-29-31-35-39-43-59(50(62)41-37-32-30-28-26-24-22-20-18-16-14-12-10-8-6-2)56-52(54(66)53(65)48(45-60)68-56)58-55(67)47(44-46(3)4)57-49(61)40-36-33-34-38-42-51(63)64/h46-48,52-54,56,60,65-66H,5-45H2,1-4H3,(H,57,61)(H,58,67)(H,63,64)/t47-,48+,52-,53+,54+,56+/m0/s1. The molecule has 0 aliphatic carbocycles. The molecule has 0 aromatic carbocycles. The maximum Gasteiger partial charge on any atom is 0.303 e. The number of hydrogen-bond donors (Lipinski definition) is 6. The minimum absolute atomic E-state index is 0.0395. The fraction of sp³-hybridized carbons (Fsp3) is 0.929. The molecule has 1 aliphatic rings. The molecule has 1 fully saturated rings. The number of aliphatic carboxylic acids is 1. The van der Waals surface area contributed by atoms with Crippen molar-refractivity contribution in [1.82, 2.24) is 15.5 Å². The Morgan fingerprint density at radius 1 is 0.529 bits per heavy atom. The van der Waals surface area contributed by atoms with E-state index in [-0.39, 0.29) is 30.6 Å². The van der Waals surface area contributed by atoms with Gasteiger partial charge in [0.05, 0.1) is 6.61 Å². The summed E-state index contributed by atoms with van der Waals surface area (Å²) in [6.45, 7) is 8.20. The highest BCUT2D eigenvalue weighted by Gasteiger charge is 2.48. The van der Waals surface area contributed by atoms with Crippen molar-refractivity contribution in [3.63, 3.8) is 0 Å². The Bertz CT molecular complexity index is 1240. The molecule has 0 radical (unpaired) electrons. The van der Waals surface area contributed by atoms with Crippen LogP contribution in [0.2, 0.25) is 0 Å². The van der Waals surface area contributed by atoms with Gasteiger partial charge >= 0.3 is 5.97 Å². The molecule has 68 heavy (non-hydrogen) atoms. The van der Waals surface area contributed by atoms with E-state index in [9.17, 15) is 34.5 Å². The summed E-state index contributed by atoms with van der Waals surface area (Å²) < 4.78 is 6.27. The van der Waals surface area contributed by atoms with Crippen molar-refractivity contribution in [3.05, 3.63) is 0 Å². The molecule has 0 bridgehead atoms. The lowest BCUT2D eigenvalue weighted by molar-refractivity contribution is -0.231. The third-order valence-corrected chi connectivity index (χ3v) is 14.0. The number of nitrogens with zero attached hydrogens (tertiary/aromatic N) is 1. The number of aliphatic hydroxyl groups is 3. The molecule has 1 heterocycles. The first-order chi connectivity index (χ1) is 33.0. The van der Waals surface area contributed by atoms with Crippen LogP contribution in [0.3, 0.4) is 0 Å². The van der Waals surface area contributed by atoms with Crippen LogP contribution in [-0.4, -0.2) is 98.8 Å². The monoisotopic (exact) mass is 966 g/mol. The molecule has 1 aliphatic heterocycles. The number of rotatable bonds is 47. The summed E-state index contributed by atoms with van der Waals surface area (Å²) in [5, 5.41) is 47.5. The van der Waals surface area contributed by atoms with Crippen LogP contribution in [-0.2, 0) is 23.9 Å². The quantitative estimate of drug-likeness (QED) is 0.0323. The van der Waals surface area contributed by atoms with Gasteiger partial charge < -0.3 is 40.7 Å². The molecule has 12 nitrogen and oxygen atoms in total. The highest BCUT2D eigenvalue weighted by atomic mass is 16.5. The minimum Gasteiger partial charge on any atom is -0.481 e. The van der Waals surface area contributed by atoms with Crippen LogP contribution in [0, 0.1) is 5.92 Å². The molecular weight excluding hydrogens is 859 g/mol. The summed E-state index contributed by atoms with van der Waals surface area (Å²) in [7, 11) is 0. The smallest absolute Gasteiger partial charge is 0.303 e. The van der Waals surface area contributed by atoms with E-state index in [0.717, 1.165) is 38.5 Å². The van der Waals surface area contributed by atoms with Crippen molar-refractivity contribution in [2.24, 2.45) is 5.92 Å². The molecule has 0 aromatic heterocycles. The van der Waals surface area contributed by atoms with Crippen molar-refractivity contribution in [3.8, 4) is 0 Å². The number of carboxylic acid groups (broad SMARTS) is 1. The van der Waals surface area contributed by atoms with Gasteiger partial charge in [-0.3, -0.25) is 19.2 Å². The second-order valence-corrected chi connectivity index (χ2v) is 20.9. The Kier molecular flexibility index (Phi) is 40.8. The average molecular weight is 966 g/mol. The molecule has 0 saturated carbocycles. The van der Waals surface area contributed by atoms with E-state index < -0.39 is 55.1 Å². The van der Waals surface area contributed by atoms with Crippen molar-refractivity contribution >= 4 is 23.7 Å². The fourth-order valence-electron chi connectivity index (χ4n) is 9.69. The average Bonchev–Trinajstić information content (AvgIpc) is 3.31. The molecular formula is C56H107N3O9. The van der Waals surface area contributed by atoms with Crippen molar-refractivity contribution < 1.29 is 44.3 Å². The number of unbranched alkanes of at least 4 members (excludes halogenated alkanes) is 32. The van der Waals surface area contributed by atoms with Crippen LogP contribution in [0.25, 0.3) is 0 Å². The molecule has 1 rings (SSSR count). The number of amides is 3. The molecule has 3 amide bonds. The number of carboxylic acids is 1. The van der Waals surface area contributed by atoms with Crippen molar-refractivity contribution in [1.29, 1.82) is 0 Å². The Balaban J connectivity index is 2.90. The van der Waals surface area contributed by atoms with Gasteiger partial charge in [0.1, 0.15) is 30.4 Å². The lowest BCUT2D eigenvalue weighted by Gasteiger charge is -2.47. The van der Waals surface area contributed by atoms with Gasteiger partial charge in [0, 0.05) is 25.8 Å². The summed E-state index contributed by atoms with van der Waals surface area (Å²) in [4.78, 5) is 53.8. The number of carbonyl (C=O) groups is 4. The highest BCUT2D eigenvalue weighted by molar-refractivity contribution is 5.88. The van der Waals surface area contributed by atoms with Crippen LogP contribution < -0.4 is 10.6 Å². The van der Waals surface area contributed by atoms with Gasteiger partial charge in [-0.05, 0) is 38.0 Å². The number of hydrogen-bond acceptors (Lipinski definition) is 8. The lowest BCUT2D eigenvalue weighted by atomic mass is 9.93. The molecule has 1 saturated heterocycles. The van der Waals surface area contributed by atoms with E-state index in [2.05, 4.69) is 24.5 Å². The van der Waals surface area contributed by atoms with E-state index in [1.807, 2.05) is 13.8 Å². The van der Waals surface area contributed by atoms with E-state index >= 15 is 0 Å². The van der Waals surface area contributed by atoms with Crippen LogP contribution in [0.15, 0.2) is 0 Å². The minimum atomic E-state index is -1.54. The summed E-state index contributed by atoms with van der Waals surface area (Å²) in [5.74, 6) is -1.78. The highest BCUT2D eigenvalue weighted by Crippen LogP contribution is 2.27. The molecule has 0 spiro atoms. The first-order valence-electron chi connectivity index (χ1n) is 28.7. The second-order valence-electron chi connectivity index (χ2n) is 20.9. The first-order valence-corrected chi connectivity index (χ1v) is 28.7. The zero-order valence-electron chi connectivity index (χ0n) is 44.3. The van der Waals surface area contributed by atoms with E-state index in [1.165, 1.54) is 148 Å². The summed E-state index contributed by atoms with van der Waals surface area (Å²) >= 11 is 0. The van der Waals surface area contributed by atoms with Gasteiger partial charge in [-0.15, -0.1) is 0 Å². The maximum atomic E-state index is 14.2. The Hall–Kier alpha value is -2.28. The second kappa shape index (κ2) is 43.5. The Morgan fingerprint density at radius 3 is 1.31 bits per heavy atom. The molecule has 0 unspecified atom stereocenters. The predicted molar refractivity (Wildman–Crippen MR) is 277 cm³/mol. The molecule has 0 aromatic rings. The predicted octanol–water partition coefficient (Wildman–Crippen LogP) is 12.2. The zero-order valence-corrected chi connectivity index (χ0v) is 44.3. The summed E-state index contributed by atoms with van der Waals surface area (Å²) in [5.41, 5.74) is 0. The van der Waals surface area contributed by atoms with Crippen molar-refractivity contribution in [2.75, 3.05) is 13.2 Å². The fourth-order valence-corrected chi connectivity index (χ4v) is 9.69. The van der Waals surface area contributed by atoms with E-state index in [4.69, 9.17) is 9.84 Å².